The van der Waals surface area contributed by atoms with Gasteiger partial charge in [0, 0.05) is 11.8 Å². The van der Waals surface area contributed by atoms with Crippen molar-refractivity contribution in [3.63, 3.8) is 0 Å². The first-order chi connectivity index (χ1) is 18.4. The zero-order valence-electron chi connectivity index (χ0n) is 26.2. The molecule has 0 radical (unpaired) electrons. The number of amides is 1. The highest BCUT2D eigenvalue weighted by Gasteiger charge is 2.70. The van der Waals surface area contributed by atoms with Gasteiger partial charge in [-0.3, -0.25) is 14.4 Å². The molecule has 2 unspecified atom stereocenters. The van der Waals surface area contributed by atoms with Gasteiger partial charge in [-0.2, -0.15) is 0 Å². The van der Waals surface area contributed by atoms with Crippen LogP contribution < -0.4 is 5.73 Å². The Morgan fingerprint density at radius 1 is 0.825 bits per heavy atom. The van der Waals surface area contributed by atoms with Crippen LogP contribution in [0, 0.1) is 56.2 Å². The maximum Gasteiger partial charge on any atom is 0.309 e. The number of ether oxygens (including phenoxy) is 1. The smallest absolute Gasteiger partial charge is 0.309 e. The molecule has 3 N–H and O–H groups in total. The summed E-state index contributed by atoms with van der Waals surface area (Å²) in [6.45, 7) is 15.6. The molecule has 5 aliphatic rings. The Balaban J connectivity index is 1.38. The normalized spacial score (nSPS) is 45.8. The summed E-state index contributed by atoms with van der Waals surface area (Å²) in [7, 11) is 0. The molecule has 6 nitrogen and oxygen atoms in total. The molecule has 226 valence electrons. The second-order valence-corrected chi connectivity index (χ2v) is 16.9. The van der Waals surface area contributed by atoms with Gasteiger partial charge in [0.15, 0.2) is 0 Å². The average Bonchev–Trinajstić information content (AvgIpc) is 3.24. The van der Waals surface area contributed by atoms with Crippen molar-refractivity contribution in [2.24, 2.45) is 61.9 Å². The number of hydrogen-bond acceptors (Lipinski definition) is 4. The molecule has 5 rings (SSSR count). The summed E-state index contributed by atoms with van der Waals surface area (Å²) >= 11 is 0. The third-order valence-corrected chi connectivity index (χ3v) is 14.4. The van der Waals surface area contributed by atoms with Crippen molar-refractivity contribution in [1.29, 1.82) is 0 Å². The molecular weight excluding hydrogens is 502 g/mol. The number of carbonyl (C=O) groups is 3. The summed E-state index contributed by atoms with van der Waals surface area (Å²) < 4.78 is 6.10. The number of primary amides is 1. The highest BCUT2D eigenvalue weighted by molar-refractivity contribution is 5.81. The molecule has 0 saturated heterocycles. The van der Waals surface area contributed by atoms with E-state index in [0.717, 1.165) is 25.7 Å². The Kier molecular flexibility index (Phi) is 7.07. The molecule has 9 atom stereocenters. The Labute approximate surface area is 241 Å². The quantitative estimate of drug-likeness (QED) is 0.338. The number of rotatable bonds is 6. The number of carboxylic acid groups (broad SMARTS) is 1. The van der Waals surface area contributed by atoms with Crippen molar-refractivity contribution >= 4 is 17.8 Å². The van der Waals surface area contributed by atoms with Gasteiger partial charge in [0.25, 0.3) is 0 Å². The minimum absolute atomic E-state index is 0.101. The van der Waals surface area contributed by atoms with Gasteiger partial charge in [0.05, 0.1) is 11.8 Å². The number of hydrogen-bond donors (Lipinski definition) is 2. The van der Waals surface area contributed by atoms with E-state index in [2.05, 4.69) is 34.6 Å². The van der Waals surface area contributed by atoms with Crippen LogP contribution in [0.2, 0.25) is 0 Å². The van der Waals surface area contributed by atoms with Crippen LogP contribution in [0.25, 0.3) is 0 Å². The molecule has 0 aliphatic heterocycles. The second kappa shape index (κ2) is 9.46. The molecule has 1 amide bonds. The number of carboxylic acids is 1. The monoisotopic (exact) mass is 557 g/mol. The first-order valence-electron chi connectivity index (χ1n) is 16.1. The number of esters is 1. The van der Waals surface area contributed by atoms with Crippen molar-refractivity contribution in [3.05, 3.63) is 0 Å². The fourth-order valence-corrected chi connectivity index (χ4v) is 12.2. The maximum absolute atomic E-state index is 12.9. The maximum atomic E-state index is 12.9. The second-order valence-electron chi connectivity index (χ2n) is 16.9. The van der Waals surface area contributed by atoms with E-state index < -0.39 is 11.4 Å². The molecule has 0 spiro atoms. The Morgan fingerprint density at radius 3 is 2.17 bits per heavy atom. The van der Waals surface area contributed by atoms with Gasteiger partial charge in [0.1, 0.15) is 6.10 Å². The molecule has 5 saturated carbocycles. The first-order valence-corrected chi connectivity index (χ1v) is 16.1. The lowest BCUT2D eigenvalue weighted by Crippen LogP contribution is -2.66. The van der Waals surface area contributed by atoms with E-state index in [1.165, 1.54) is 44.9 Å². The van der Waals surface area contributed by atoms with Crippen molar-refractivity contribution in [2.75, 3.05) is 0 Å². The number of aliphatic carboxylic acids is 1. The number of fused-ring (bicyclic) bond motifs is 7. The minimum Gasteiger partial charge on any atom is -0.481 e. The van der Waals surface area contributed by atoms with Gasteiger partial charge in [-0.15, -0.1) is 0 Å². The summed E-state index contributed by atoms with van der Waals surface area (Å²) in [5, 5.41) is 9.50. The van der Waals surface area contributed by atoms with Crippen molar-refractivity contribution < 1.29 is 24.2 Å². The predicted molar refractivity (Wildman–Crippen MR) is 155 cm³/mol. The van der Waals surface area contributed by atoms with Crippen molar-refractivity contribution in [2.45, 2.75) is 138 Å². The van der Waals surface area contributed by atoms with Crippen LogP contribution in [-0.4, -0.2) is 29.1 Å². The summed E-state index contributed by atoms with van der Waals surface area (Å²) in [6.07, 6.45) is 13.1. The van der Waals surface area contributed by atoms with E-state index in [9.17, 15) is 19.5 Å². The topological polar surface area (TPSA) is 107 Å². The highest BCUT2D eigenvalue weighted by atomic mass is 16.5. The van der Waals surface area contributed by atoms with Crippen LogP contribution in [0.15, 0.2) is 0 Å². The Hall–Kier alpha value is -1.59. The molecule has 5 fully saturated rings. The van der Waals surface area contributed by atoms with Gasteiger partial charge in [-0.25, -0.2) is 0 Å². The van der Waals surface area contributed by atoms with E-state index in [1.54, 1.807) is 13.8 Å². The Bertz CT molecular complexity index is 1070. The van der Waals surface area contributed by atoms with E-state index in [1.807, 2.05) is 0 Å². The number of nitrogens with two attached hydrogens (primary N) is 1. The Morgan fingerprint density at radius 2 is 1.52 bits per heavy atom. The van der Waals surface area contributed by atoms with Gasteiger partial charge in [0.2, 0.25) is 5.91 Å². The fraction of sp³-hybridized carbons (Fsp3) is 0.912. The predicted octanol–water partition coefficient (Wildman–Crippen LogP) is 7.13. The summed E-state index contributed by atoms with van der Waals surface area (Å²) in [5.74, 6) is 0.919. The molecule has 0 aromatic rings. The molecule has 6 heteroatoms. The summed E-state index contributed by atoms with van der Waals surface area (Å²) in [4.78, 5) is 36.7. The van der Waals surface area contributed by atoms with Gasteiger partial charge >= 0.3 is 11.9 Å². The fourth-order valence-electron chi connectivity index (χ4n) is 12.2. The van der Waals surface area contributed by atoms with Crippen LogP contribution in [0.3, 0.4) is 0 Å². The van der Waals surface area contributed by atoms with E-state index in [0.29, 0.717) is 30.1 Å². The molecular formula is C34H55NO5. The van der Waals surface area contributed by atoms with Gasteiger partial charge in [-0.05, 0) is 123 Å². The third-order valence-electron chi connectivity index (χ3n) is 14.4. The van der Waals surface area contributed by atoms with Gasteiger partial charge < -0.3 is 15.6 Å². The zero-order valence-corrected chi connectivity index (χ0v) is 26.2. The molecule has 0 aromatic heterocycles. The lowest BCUT2D eigenvalue weighted by molar-refractivity contribution is -0.248. The van der Waals surface area contributed by atoms with Crippen LogP contribution in [0.4, 0.5) is 0 Å². The standard InChI is InChI=1S/C34H55NO5/c1-29(2,28(38)39)20-27(37)40-25-13-15-31(5)23(30(25,3)4)12-16-33(7)24(31)11-10-21-22-9-8-14-34(22,19-26(35)36)18-17-32(21,33)6/h21-25H,8-20H2,1-7H3,(H2,35,36)(H,38,39)/t21-,22-,23?,24?,25+,31+,32-,33-,34-/m1/s1. The molecule has 5 aliphatic carbocycles. The van der Waals surface area contributed by atoms with E-state index in [4.69, 9.17) is 10.5 Å². The highest BCUT2D eigenvalue weighted by Crippen LogP contribution is 2.77. The van der Waals surface area contributed by atoms with E-state index >= 15 is 0 Å². The van der Waals surface area contributed by atoms with Crippen LogP contribution >= 0.6 is 0 Å². The molecule has 40 heavy (non-hydrogen) atoms. The zero-order chi connectivity index (χ0) is 29.5. The largest absolute Gasteiger partial charge is 0.481 e. The average molecular weight is 558 g/mol. The van der Waals surface area contributed by atoms with Crippen LogP contribution in [0.5, 0.6) is 0 Å². The van der Waals surface area contributed by atoms with Crippen LogP contribution in [-0.2, 0) is 19.1 Å². The van der Waals surface area contributed by atoms with Gasteiger partial charge in [-0.1, -0.05) is 41.0 Å². The lowest BCUT2D eigenvalue weighted by Gasteiger charge is -2.72. The summed E-state index contributed by atoms with van der Waals surface area (Å²) in [5.41, 5.74) is 5.38. The van der Waals surface area contributed by atoms with E-state index in [-0.39, 0.29) is 51.5 Å². The van der Waals surface area contributed by atoms with Crippen molar-refractivity contribution in [3.8, 4) is 0 Å². The minimum atomic E-state index is -1.13. The first kappa shape index (κ1) is 29.9. The third kappa shape index (κ3) is 4.19. The van der Waals surface area contributed by atoms with Crippen LogP contribution in [0.1, 0.15) is 132 Å². The molecule has 0 aromatic carbocycles. The lowest BCUT2D eigenvalue weighted by atomic mass is 9.32. The SMILES string of the molecule is CC(C)(CC(=O)O[C@H]1CC[C@@]2(C)C(CC[C@]3(C)C2CC[C@@H]2[C@H]4CCC[C@]4(CC(N)=O)CC[C@]23C)C1(C)C)C(=O)O. The summed E-state index contributed by atoms with van der Waals surface area (Å²) in [6, 6.07) is 0. The molecule has 0 heterocycles. The number of carbonyl (C=O) groups excluding carboxylic acids is 2. The molecule has 0 bridgehead atoms. The van der Waals surface area contributed by atoms with Crippen molar-refractivity contribution in [1.82, 2.24) is 0 Å².